The molecule has 2 unspecified atom stereocenters. The second-order valence-electron chi connectivity index (χ2n) is 4.94. The van der Waals surface area contributed by atoms with E-state index in [0.717, 1.165) is 18.9 Å². The highest BCUT2D eigenvalue weighted by Gasteiger charge is 2.39. The lowest BCUT2D eigenvalue weighted by Gasteiger charge is -2.23. The molecule has 2 nitrogen and oxygen atoms in total. The number of ether oxygens (including phenoxy) is 1. The average Bonchev–Trinajstić information content (AvgIpc) is 3.18. The molecule has 0 radical (unpaired) electrons. The van der Waals surface area contributed by atoms with Gasteiger partial charge in [-0.1, -0.05) is 6.07 Å². The van der Waals surface area contributed by atoms with E-state index in [-0.39, 0.29) is 11.5 Å². The lowest BCUT2D eigenvalue weighted by molar-refractivity contribution is -0.140. The Kier molecular flexibility index (Phi) is 4.34. The predicted molar refractivity (Wildman–Crippen MR) is 64.5 cm³/mol. The number of hydrogen-bond donors (Lipinski definition) is 1. The maximum Gasteiger partial charge on any atom is 0.419 e. The van der Waals surface area contributed by atoms with E-state index < -0.39 is 29.8 Å². The molecule has 6 heteroatoms. The molecule has 1 aliphatic rings. The van der Waals surface area contributed by atoms with Crippen LogP contribution in [0, 0.1) is 11.7 Å². The molecule has 0 bridgehead atoms. The summed E-state index contributed by atoms with van der Waals surface area (Å²) in [7, 11) is 0. The monoisotopic (exact) mass is 292 g/mol. The van der Waals surface area contributed by atoms with Crippen molar-refractivity contribution in [3.05, 3.63) is 35.1 Å². The molecule has 2 atom stereocenters. The fourth-order valence-corrected chi connectivity index (χ4v) is 2.24. The Morgan fingerprint density at radius 1 is 1.35 bits per heavy atom. The van der Waals surface area contributed by atoms with Gasteiger partial charge in [0.25, 0.3) is 0 Å². The first-order chi connectivity index (χ1) is 9.34. The highest BCUT2D eigenvalue weighted by atomic mass is 19.4. The molecule has 0 amide bonds. The number of benzene rings is 1. The van der Waals surface area contributed by atoms with Crippen LogP contribution in [0.3, 0.4) is 0 Å². The number of halogens is 4. The third-order valence-electron chi connectivity index (χ3n) is 3.39. The van der Waals surface area contributed by atoms with Crippen molar-refractivity contribution in [1.29, 1.82) is 0 Å². The number of hydrogen-bond acceptors (Lipinski definition) is 2. The van der Waals surface area contributed by atoms with Crippen LogP contribution in [0.2, 0.25) is 0 Å². The third kappa shape index (κ3) is 3.30. The molecule has 1 saturated carbocycles. The molecule has 1 aromatic carbocycles. The van der Waals surface area contributed by atoms with E-state index >= 15 is 0 Å². The van der Waals surface area contributed by atoms with Crippen LogP contribution >= 0.6 is 0 Å². The second kappa shape index (κ2) is 5.69. The Labute approximate surface area is 114 Å². The molecule has 0 aliphatic heterocycles. The maximum atomic E-state index is 13.2. The first kappa shape index (κ1) is 15.3. The Balaban J connectivity index is 2.27. The van der Waals surface area contributed by atoms with Gasteiger partial charge < -0.3 is 9.84 Å². The van der Waals surface area contributed by atoms with Crippen molar-refractivity contribution < 1.29 is 27.4 Å². The molecule has 1 N–H and O–H groups in total. The van der Waals surface area contributed by atoms with E-state index in [9.17, 15) is 22.7 Å². The lowest BCUT2D eigenvalue weighted by Crippen LogP contribution is -2.25. The topological polar surface area (TPSA) is 29.5 Å². The molecule has 112 valence electrons. The van der Waals surface area contributed by atoms with Crippen LogP contribution in [-0.2, 0) is 10.9 Å². The number of rotatable bonds is 5. The Bertz CT molecular complexity index is 469. The van der Waals surface area contributed by atoms with Crippen LogP contribution in [0.4, 0.5) is 17.6 Å². The van der Waals surface area contributed by atoms with E-state index in [0.29, 0.717) is 12.7 Å². The maximum absolute atomic E-state index is 13.2. The van der Waals surface area contributed by atoms with Gasteiger partial charge in [-0.3, -0.25) is 0 Å². The van der Waals surface area contributed by atoms with Crippen LogP contribution in [0.1, 0.15) is 37.0 Å². The molecule has 1 aliphatic carbocycles. The van der Waals surface area contributed by atoms with E-state index in [4.69, 9.17) is 4.74 Å². The van der Waals surface area contributed by atoms with Crippen molar-refractivity contribution in [2.24, 2.45) is 5.92 Å². The fraction of sp³-hybridized carbons (Fsp3) is 0.571. The molecule has 2 rings (SSSR count). The van der Waals surface area contributed by atoms with E-state index in [1.165, 1.54) is 6.07 Å². The number of alkyl halides is 3. The zero-order valence-corrected chi connectivity index (χ0v) is 11.0. The van der Waals surface area contributed by atoms with Gasteiger partial charge in [0.15, 0.2) is 0 Å². The van der Waals surface area contributed by atoms with Gasteiger partial charge in [-0.15, -0.1) is 0 Å². The molecule has 0 aromatic heterocycles. The van der Waals surface area contributed by atoms with Crippen LogP contribution < -0.4 is 0 Å². The van der Waals surface area contributed by atoms with Crippen molar-refractivity contribution >= 4 is 0 Å². The second-order valence-corrected chi connectivity index (χ2v) is 4.94. The van der Waals surface area contributed by atoms with Crippen LogP contribution in [0.15, 0.2) is 18.2 Å². The molecular weight excluding hydrogens is 276 g/mol. The quantitative estimate of drug-likeness (QED) is 0.839. The normalized spacial score (nSPS) is 18.9. The fourth-order valence-electron chi connectivity index (χ4n) is 2.24. The van der Waals surface area contributed by atoms with Gasteiger partial charge in [-0.2, -0.15) is 13.2 Å². The molecule has 20 heavy (non-hydrogen) atoms. The average molecular weight is 292 g/mol. The summed E-state index contributed by atoms with van der Waals surface area (Å²) in [5.41, 5.74) is -1.33. The minimum Gasteiger partial charge on any atom is -0.386 e. The molecule has 1 aromatic rings. The summed E-state index contributed by atoms with van der Waals surface area (Å²) in [5.74, 6) is -1.18. The number of aliphatic hydroxyl groups is 1. The summed E-state index contributed by atoms with van der Waals surface area (Å²) in [6.07, 6.45) is -4.72. The Morgan fingerprint density at radius 2 is 2.00 bits per heavy atom. The van der Waals surface area contributed by atoms with E-state index in [2.05, 4.69) is 0 Å². The Morgan fingerprint density at radius 3 is 2.50 bits per heavy atom. The summed E-state index contributed by atoms with van der Waals surface area (Å²) in [4.78, 5) is 0. The smallest absolute Gasteiger partial charge is 0.386 e. The van der Waals surface area contributed by atoms with Crippen LogP contribution in [-0.4, -0.2) is 17.8 Å². The van der Waals surface area contributed by atoms with E-state index in [1.807, 2.05) is 0 Å². The molecule has 1 fully saturated rings. The standard InChI is InChI=1S/C14H16F4O2/c1-2-20-13(8-3-4-8)12(19)9-5-6-11(15)10(7-9)14(16,17)18/h5-8,12-13,19H,2-4H2,1H3. The number of aliphatic hydroxyl groups excluding tert-OH is 1. The lowest BCUT2D eigenvalue weighted by atomic mass is 9.98. The molecule has 0 spiro atoms. The molecule has 0 heterocycles. The van der Waals surface area contributed by atoms with Crippen LogP contribution in [0.25, 0.3) is 0 Å². The van der Waals surface area contributed by atoms with Gasteiger partial charge in [0, 0.05) is 6.61 Å². The van der Waals surface area contributed by atoms with E-state index in [1.54, 1.807) is 6.92 Å². The van der Waals surface area contributed by atoms with Gasteiger partial charge in [0.2, 0.25) is 0 Å². The summed E-state index contributed by atoms with van der Waals surface area (Å²) < 4.78 is 56.6. The van der Waals surface area contributed by atoms with Gasteiger partial charge in [-0.05, 0) is 43.4 Å². The van der Waals surface area contributed by atoms with Gasteiger partial charge in [0.05, 0.1) is 11.7 Å². The summed E-state index contributed by atoms with van der Waals surface area (Å²) in [6.45, 7) is 2.12. The first-order valence-corrected chi connectivity index (χ1v) is 6.51. The summed E-state index contributed by atoms with van der Waals surface area (Å²) in [5, 5.41) is 10.2. The summed E-state index contributed by atoms with van der Waals surface area (Å²) in [6, 6.07) is 2.56. The van der Waals surface area contributed by atoms with Gasteiger partial charge >= 0.3 is 6.18 Å². The van der Waals surface area contributed by atoms with Crippen molar-refractivity contribution in [3.63, 3.8) is 0 Å². The SMILES string of the molecule is CCOC(C1CC1)C(O)c1ccc(F)c(C(F)(F)F)c1. The highest BCUT2D eigenvalue weighted by Crippen LogP contribution is 2.41. The zero-order valence-electron chi connectivity index (χ0n) is 11.0. The van der Waals surface area contributed by atoms with Crippen LogP contribution in [0.5, 0.6) is 0 Å². The molecule has 0 saturated heterocycles. The van der Waals surface area contributed by atoms with Crippen molar-refractivity contribution in [1.82, 2.24) is 0 Å². The third-order valence-corrected chi connectivity index (χ3v) is 3.39. The predicted octanol–water partition coefficient (Wildman–Crippen LogP) is 3.69. The highest BCUT2D eigenvalue weighted by molar-refractivity contribution is 5.29. The Hall–Kier alpha value is -1.14. The van der Waals surface area contributed by atoms with Crippen molar-refractivity contribution in [2.45, 2.75) is 38.1 Å². The van der Waals surface area contributed by atoms with Gasteiger partial charge in [-0.25, -0.2) is 4.39 Å². The minimum absolute atomic E-state index is 0.0316. The first-order valence-electron chi connectivity index (χ1n) is 6.51. The van der Waals surface area contributed by atoms with Gasteiger partial charge in [0.1, 0.15) is 11.9 Å². The largest absolute Gasteiger partial charge is 0.419 e. The zero-order chi connectivity index (χ0) is 14.9. The van der Waals surface area contributed by atoms with Crippen molar-refractivity contribution in [2.75, 3.05) is 6.61 Å². The molecular formula is C14H16F4O2. The minimum atomic E-state index is -4.78. The summed E-state index contributed by atoms with van der Waals surface area (Å²) >= 11 is 0. The van der Waals surface area contributed by atoms with Crippen molar-refractivity contribution in [3.8, 4) is 0 Å².